The number of nitrogens with zero attached hydrogens (tertiary/aromatic N) is 3. The third-order valence-electron chi connectivity index (χ3n) is 6.84. The molecule has 5 heterocycles. The molecule has 186 valence electrons. The maximum absolute atomic E-state index is 9.94. The van der Waals surface area contributed by atoms with Gasteiger partial charge in [0.05, 0.1) is 35.1 Å². The average Bonchev–Trinajstić information content (AvgIpc) is 3.71. The zero-order valence-corrected chi connectivity index (χ0v) is 20.2. The van der Waals surface area contributed by atoms with Gasteiger partial charge in [-0.15, -0.1) is 0 Å². The summed E-state index contributed by atoms with van der Waals surface area (Å²) in [5.41, 5.74) is 6.94. The molecule has 0 amide bonds. The first-order valence-corrected chi connectivity index (χ1v) is 12.3. The summed E-state index contributed by atoms with van der Waals surface area (Å²) in [4.78, 5) is 12.3. The number of fused-ring (bicyclic) bond motifs is 2. The Morgan fingerprint density at radius 1 is 0.865 bits per heavy atom. The minimum Gasteiger partial charge on any atom is -0.456 e. The normalized spacial score (nSPS) is 23.0. The molecule has 2 fully saturated rings. The second kappa shape index (κ2) is 8.97. The standard InChI is InChI=1S/C27H22ClN5O4/c28-18-11-20-26(32-27(30-20)37-22-13-36-24-21(34)12-35-25(22)24)31-23(18)17-7-3-15(4-8-17)14-1-5-16(6-2-14)19-9-10-29-33-19/h1-11,21-22,24-25,34H,12-13H2,(H,29,33)(H,30,31,32)/t21-,22-,24?,25?/m1/s1. The first-order valence-electron chi connectivity index (χ1n) is 12.0. The summed E-state index contributed by atoms with van der Waals surface area (Å²) in [6, 6.07) is 20.5. The third-order valence-corrected chi connectivity index (χ3v) is 7.13. The number of benzene rings is 2. The fraction of sp³-hybridized carbons (Fsp3) is 0.222. The molecule has 2 unspecified atom stereocenters. The van der Waals surface area contributed by atoms with Crippen LogP contribution in [0.15, 0.2) is 66.9 Å². The van der Waals surface area contributed by atoms with Gasteiger partial charge in [-0.1, -0.05) is 60.1 Å². The quantitative estimate of drug-likeness (QED) is 0.320. The van der Waals surface area contributed by atoms with Crippen molar-refractivity contribution < 1.29 is 19.3 Å². The van der Waals surface area contributed by atoms with E-state index in [-0.39, 0.29) is 24.9 Å². The van der Waals surface area contributed by atoms with Gasteiger partial charge in [-0.25, -0.2) is 4.98 Å². The van der Waals surface area contributed by atoms with Crippen molar-refractivity contribution in [3.63, 3.8) is 0 Å². The molecule has 2 aliphatic rings. The Balaban J connectivity index is 1.11. The summed E-state index contributed by atoms with van der Waals surface area (Å²) in [5.74, 6) is 0. The van der Waals surface area contributed by atoms with Crippen molar-refractivity contribution in [2.75, 3.05) is 13.2 Å². The van der Waals surface area contributed by atoms with Gasteiger partial charge >= 0.3 is 0 Å². The molecule has 5 aromatic rings. The highest BCUT2D eigenvalue weighted by atomic mass is 35.5. The second-order valence-electron chi connectivity index (χ2n) is 9.18. The fourth-order valence-corrected chi connectivity index (χ4v) is 5.18. The predicted octanol–water partition coefficient (Wildman–Crippen LogP) is 4.24. The topological polar surface area (TPSA) is 118 Å². The summed E-state index contributed by atoms with van der Waals surface area (Å²) in [7, 11) is 0. The summed E-state index contributed by atoms with van der Waals surface area (Å²) < 4.78 is 17.2. The minimum absolute atomic E-state index is 0.241. The van der Waals surface area contributed by atoms with Crippen molar-refractivity contribution >= 4 is 22.8 Å². The van der Waals surface area contributed by atoms with Gasteiger partial charge in [0.2, 0.25) is 0 Å². The molecule has 7 rings (SSSR count). The molecule has 2 aliphatic heterocycles. The number of aromatic nitrogens is 5. The Hall–Kier alpha value is -3.76. The van der Waals surface area contributed by atoms with Crippen LogP contribution in [-0.4, -0.2) is 67.9 Å². The van der Waals surface area contributed by atoms with Crippen LogP contribution < -0.4 is 4.74 Å². The fourth-order valence-electron chi connectivity index (χ4n) is 4.92. The molecule has 3 aromatic heterocycles. The first kappa shape index (κ1) is 22.4. The van der Waals surface area contributed by atoms with E-state index in [0.717, 1.165) is 27.9 Å². The molecule has 0 spiro atoms. The zero-order valence-electron chi connectivity index (χ0n) is 19.5. The molecule has 0 bridgehead atoms. The molecule has 0 radical (unpaired) electrons. The van der Waals surface area contributed by atoms with Crippen molar-refractivity contribution in [2.45, 2.75) is 24.4 Å². The Morgan fingerprint density at radius 3 is 2.30 bits per heavy atom. The molecule has 37 heavy (non-hydrogen) atoms. The van der Waals surface area contributed by atoms with Crippen molar-refractivity contribution in [1.82, 2.24) is 25.1 Å². The number of aliphatic hydroxyl groups is 1. The Morgan fingerprint density at radius 2 is 1.57 bits per heavy atom. The lowest BCUT2D eigenvalue weighted by atomic mass is 10.0. The molecule has 0 aliphatic carbocycles. The molecule has 2 aromatic carbocycles. The van der Waals surface area contributed by atoms with Crippen LogP contribution in [0.4, 0.5) is 0 Å². The SMILES string of the molecule is O[C@@H]1COC2C1OC[C@H]2Oc1nc2nc(-c3ccc(-c4ccc(-c5ccn[nH]5)cc4)cc3)c(Cl)cc2[nH]1. The molecule has 2 saturated heterocycles. The van der Waals surface area contributed by atoms with Crippen molar-refractivity contribution in [1.29, 1.82) is 0 Å². The van der Waals surface area contributed by atoms with Gasteiger partial charge in [-0.05, 0) is 28.8 Å². The van der Waals surface area contributed by atoms with E-state index >= 15 is 0 Å². The smallest absolute Gasteiger partial charge is 0.296 e. The maximum atomic E-state index is 9.94. The maximum Gasteiger partial charge on any atom is 0.296 e. The lowest BCUT2D eigenvalue weighted by Crippen LogP contribution is -2.34. The van der Waals surface area contributed by atoms with Crippen LogP contribution in [-0.2, 0) is 9.47 Å². The van der Waals surface area contributed by atoms with Gasteiger partial charge < -0.3 is 24.3 Å². The molecular weight excluding hydrogens is 494 g/mol. The van der Waals surface area contributed by atoms with E-state index < -0.39 is 6.10 Å². The van der Waals surface area contributed by atoms with Crippen LogP contribution in [0.3, 0.4) is 0 Å². The Bertz CT molecular complexity index is 1550. The zero-order chi connectivity index (χ0) is 24.9. The van der Waals surface area contributed by atoms with Crippen molar-refractivity contribution in [2.24, 2.45) is 0 Å². The number of H-pyrrole nitrogens is 2. The lowest BCUT2D eigenvalue weighted by Gasteiger charge is -2.15. The predicted molar refractivity (Wildman–Crippen MR) is 137 cm³/mol. The van der Waals surface area contributed by atoms with Crippen LogP contribution in [0.1, 0.15) is 0 Å². The van der Waals surface area contributed by atoms with Crippen LogP contribution in [0.25, 0.3) is 44.8 Å². The number of hydrogen-bond donors (Lipinski definition) is 3. The van der Waals surface area contributed by atoms with Gasteiger partial charge in [0.25, 0.3) is 6.01 Å². The van der Waals surface area contributed by atoms with Crippen LogP contribution in [0, 0.1) is 0 Å². The van der Waals surface area contributed by atoms with Crippen molar-refractivity contribution in [3.8, 4) is 39.7 Å². The highest BCUT2D eigenvalue weighted by Crippen LogP contribution is 2.33. The van der Waals surface area contributed by atoms with Crippen LogP contribution in [0.2, 0.25) is 5.02 Å². The summed E-state index contributed by atoms with van der Waals surface area (Å²) >= 11 is 6.60. The largest absolute Gasteiger partial charge is 0.456 e. The highest BCUT2D eigenvalue weighted by Gasteiger charge is 2.48. The summed E-state index contributed by atoms with van der Waals surface area (Å²) in [5, 5.41) is 17.4. The molecule has 4 atom stereocenters. The molecule has 9 nitrogen and oxygen atoms in total. The molecular formula is C27H22ClN5O4. The Kier molecular flexibility index (Phi) is 5.44. The number of ether oxygens (including phenoxy) is 3. The number of aromatic amines is 2. The summed E-state index contributed by atoms with van der Waals surface area (Å²) in [6.45, 7) is 0.562. The molecule has 0 saturated carbocycles. The average molecular weight is 516 g/mol. The number of rotatable bonds is 5. The van der Waals surface area contributed by atoms with Gasteiger partial charge in [0.1, 0.15) is 18.3 Å². The highest BCUT2D eigenvalue weighted by molar-refractivity contribution is 6.33. The van der Waals surface area contributed by atoms with Crippen molar-refractivity contribution in [3.05, 3.63) is 71.9 Å². The van der Waals surface area contributed by atoms with Gasteiger partial charge in [-0.3, -0.25) is 5.10 Å². The van der Waals surface area contributed by atoms with E-state index in [2.05, 4.69) is 44.4 Å². The first-order chi connectivity index (χ1) is 18.1. The van der Waals surface area contributed by atoms with Crippen LogP contribution >= 0.6 is 11.6 Å². The van der Waals surface area contributed by atoms with Gasteiger partial charge in [0.15, 0.2) is 11.8 Å². The number of imidazole rings is 1. The number of pyridine rings is 1. The van der Waals surface area contributed by atoms with E-state index in [4.69, 9.17) is 30.8 Å². The van der Waals surface area contributed by atoms with Gasteiger partial charge in [0, 0.05) is 11.8 Å². The number of hydrogen-bond acceptors (Lipinski definition) is 7. The minimum atomic E-state index is -0.634. The van der Waals surface area contributed by atoms with E-state index in [0.29, 0.717) is 34.5 Å². The number of halogens is 1. The van der Waals surface area contributed by atoms with E-state index in [1.165, 1.54) is 0 Å². The second-order valence-corrected chi connectivity index (χ2v) is 9.58. The number of aliphatic hydroxyl groups excluding tert-OH is 1. The van der Waals surface area contributed by atoms with E-state index in [1.807, 2.05) is 30.3 Å². The van der Waals surface area contributed by atoms with E-state index in [9.17, 15) is 5.11 Å². The molecule has 10 heteroatoms. The van der Waals surface area contributed by atoms with Gasteiger partial charge in [-0.2, -0.15) is 10.1 Å². The van der Waals surface area contributed by atoms with E-state index in [1.54, 1.807) is 12.3 Å². The van der Waals surface area contributed by atoms with Crippen LogP contribution in [0.5, 0.6) is 6.01 Å². The third kappa shape index (κ3) is 4.06. The molecule has 3 N–H and O–H groups in total. The number of nitrogens with one attached hydrogen (secondary N) is 2. The Labute approximate surface area is 216 Å². The lowest BCUT2D eigenvalue weighted by molar-refractivity contribution is 0.00706. The summed E-state index contributed by atoms with van der Waals surface area (Å²) in [6.07, 6.45) is 0.0517. The monoisotopic (exact) mass is 515 g/mol.